The molecular formula is C17H18F3NO3S. The van der Waals surface area contributed by atoms with Crippen molar-refractivity contribution in [3.8, 4) is 17.2 Å². The molecule has 4 nitrogen and oxygen atoms in total. The van der Waals surface area contributed by atoms with Crippen LogP contribution in [0, 0.1) is 0 Å². The van der Waals surface area contributed by atoms with E-state index in [1.54, 1.807) is 41.7 Å². The molecule has 0 bridgehead atoms. The summed E-state index contributed by atoms with van der Waals surface area (Å²) in [6.07, 6.45) is -4.75. The maximum Gasteiger partial charge on any atom is 0.573 e. The lowest BCUT2D eigenvalue weighted by Gasteiger charge is -2.25. The van der Waals surface area contributed by atoms with E-state index in [2.05, 4.69) is 4.74 Å². The fourth-order valence-corrected chi connectivity index (χ4v) is 3.08. The number of benzene rings is 2. The first kappa shape index (κ1) is 19.1. The van der Waals surface area contributed by atoms with Gasteiger partial charge in [0.2, 0.25) is 0 Å². The van der Waals surface area contributed by atoms with Crippen LogP contribution < -0.4 is 18.5 Å². The van der Waals surface area contributed by atoms with Crippen molar-refractivity contribution in [2.45, 2.75) is 18.2 Å². The van der Waals surface area contributed by atoms with Crippen molar-refractivity contribution in [3.05, 3.63) is 42.5 Å². The Hall–Kier alpha value is -2.22. The number of ether oxygens (including phenoxy) is 3. The summed E-state index contributed by atoms with van der Waals surface area (Å²) in [5.41, 5.74) is 0.691. The number of halogens is 3. The Balaban J connectivity index is 2.35. The van der Waals surface area contributed by atoms with Gasteiger partial charge in [0.25, 0.3) is 0 Å². The predicted molar refractivity (Wildman–Crippen MR) is 91.5 cm³/mol. The first-order valence-electron chi connectivity index (χ1n) is 7.40. The van der Waals surface area contributed by atoms with Crippen LogP contribution in [-0.4, -0.2) is 27.1 Å². The van der Waals surface area contributed by atoms with Crippen LogP contribution in [-0.2, 0) is 0 Å². The summed E-state index contributed by atoms with van der Waals surface area (Å²) in [6, 6.07) is 11.3. The van der Waals surface area contributed by atoms with Crippen LogP contribution in [0.5, 0.6) is 17.2 Å². The van der Waals surface area contributed by atoms with Crippen LogP contribution >= 0.6 is 11.9 Å². The average molecular weight is 373 g/mol. The lowest BCUT2D eigenvalue weighted by Crippen LogP contribution is -2.19. The number of para-hydroxylation sites is 1. The molecule has 2 aromatic rings. The molecule has 8 heteroatoms. The Morgan fingerprint density at radius 2 is 1.72 bits per heavy atom. The van der Waals surface area contributed by atoms with Gasteiger partial charge in [-0.25, -0.2) is 0 Å². The van der Waals surface area contributed by atoms with Crippen molar-refractivity contribution in [2.75, 3.05) is 25.1 Å². The number of hydrogen-bond donors (Lipinski definition) is 0. The highest BCUT2D eigenvalue weighted by atomic mass is 32.2. The molecule has 0 atom stereocenters. The fourth-order valence-electron chi connectivity index (χ4n) is 2.13. The molecule has 0 amide bonds. The second kappa shape index (κ2) is 8.24. The smallest absolute Gasteiger partial charge is 0.497 e. The van der Waals surface area contributed by atoms with Gasteiger partial charge in [0.15, 0.2) is 0 Å². The summed E-state index contributed by atoms with van der Waals surface area (Å²) >= 11 is 1.13. The van der Waals surface area contributed by atoms with Gasteiger partial charge in [-0.3, -0.25) is 0 Å². The molecule has 0 saturated heterocycles. The fraction of sp³-hybridized carbons (Fsp3) is 0.294. The van der Waals surface area contributed by atoms with Crippen molar-refractivity contribution < 1.29 is 27.4 Å². The molecule has 0 aliphatic carbocycles. The SMILES string of the molecule is CCN(Sc1ccccc1OC(F)(F)F)c1cc(OC)ccc1OC. The van der Waals surface area contributed by atoms with E-state index in [0.29, 0.717) is 28.6 Å². The van der Waals surface area contributed by atoms with Gasteiger partial charge >= 0.3 is 6.36 Å². The van der Waals surface area contributed by atoms with Crippen molar-refractivity contribution in [1.82, 2.24) is 0 Å². The molecule has 136 valence electrons. The van der Waals surface area contributed by atoms with E-state index in [-0.39, 0.29) is 5.75 Å². The number of hydrogen-bond acceptors (Lipinski definition) is 5. The zero-order valence-corrected chi connectivity index (χ0v) is 14.8. The average Bonchev–Trinajstić information content (AvgIpc) is 2.59. The zero-order valence-electron chi connectivity index (χ0n) is 14.0. The van der Waals surface area contributed by atoms with Crippen LogP contribution in [0.1, 0.15) is 6.92 Å². The van der Waals surface area contributed by atoms with Crippen LogP contribution in [0.3, 0.4) is 0 Å². The van der Waals surface area contributed by atoms with Gasteiger partial charge < -0.3 is 18.5 Å². The van der Waals surface area contributed by atoms with Gasteiger partial charge in [0.05, 0.1) is 24.8 Å². The predicted octanol–water partition coefficient (Wildman–Crippen LogP) is 5.14. The summed E-state index contributed by atoms with van der Waals surface area (Å²) < 4.78 is 54.3. The molecule has 2 rings (SSSR count). The molecule has 0 radical (unpaired) electrons. The Bertz CT molecular complexity index is 710. The molecule has 0 unspecified atom stereocenters. The van der Waals surface area contributed by atoms with E-state index < -0.39 is 6.36 Å². The lowest BCUT2D eigenvalue weighted by atomic mass is 10.2. The van der Waals surface area contributed by atoms with E-state index in [1.165, 1.54) is 19.2 Å². The zero-order chi connectivity index (χ0) is 18.4. The van der Waals surface area contributed by atoms with Crippen molar-refractivity contribution in [3.63, 3.8) is 0 Å². The minimum Gasteiger partial charge on any atom is -0.497 e. The third-order valence-electron chi connectivity index (χ3n) is 3.23. The summed E-state index contributed by atoms with van der Waals surface area (Å²) in [7, 11) is 3.08. The summed E-state index contributed by atoms with van der Waals surface area (Å²) in [6.45, 7) is 2.41. The van der Waals surface area contributed by atoms with Crippen LogP contribution in [0.25, 0.3) is 0 Å². The van der Waals surface area contributed by atoms with E-state index in [0.717, 1.165) is 11.9 Å². The number of nitrogens with zero attached hydrogens (tertiary/aromatic N) is 1. The second-order valence-corrected chi connectivity index (χ2v) is 5.88. The summed E-state index contributed by atoms with van der Waals surface area (Å²) in [4.78, 5) is 0.339. The molecule has 0 aliphatic heterocycles. The number of methoxy groups -OCH3 is 2. The molecular weight excluding hydrogens is 355 g/mol. The number of alkyl halides is 3. The van der Waals surface area contributed by atoms with E-state index in [1.807, 2.05) is 6.92 Å². The molecule has 0 fully saturated rings. The van der Waals surface area contributed by atoms with E-state index in [9.17, 15) is 13.2 Å². The summed E-state index contributed by atoms with van der Waals surface area (Å²) in [5, 5.41) is 0. The standard InChI is InChI=1S/C17H18F3NO3S/c1-4-21(13-11-12(22-2)9-10-14(13)23-3)25-16-8-6-5-7-15(16)24-17(18,19)20/h5-11H,4H2,1-3H3. The minimum atomic E-state index is -4.75. The lowest BCUT2D eigenvalue weighted by molar-refractivity contribution is -0.275. The van der Waals surface area contributed by atoms with Crippen molar-refractivity contribution in [1.29, 1.82) is 0 Å². The van der Waals surface area contributed by atoms with Gasteiger partial charge in [-0.1, -0.05) is 12.1 Å². The molecule has 0 N–H and O–H groups in total. The van der Waals surface area contributed by atoms with Crippen LogP contribution in [0.2, 0.25) is 0 Å². The Kier molecular flexibility index (Phi) is 6.30. The largest absolute Gasteiger partial charge is 0.573 e. The second-order valence-electron chi connectivity index (χ2n) is 4.82. The Morgan fingerprint density at radius 3 is 2.32 bits per heavy atom. The maximum absolute atomic E-state index is 12.6. The third-order valence-corrected chi connectivity index (χ3v) is 4.43. The highest BCUT2D eigenvalue weighted by Gasteiger charge is 2.32. The van der Waals surface area contributed by atoms with E-state index in [4.69, 9.17) is 9.47 Å². The monoisotopic (exact) mass is 373 g/mol. The first-order chi connectivity index (χ1) is 11.9. The molecule has 0 aromatic heterocycles. The molecule has 25 heavy (non-hydrogen) atoms. The molecule has 0 saturated carbocycles. The van der Waals surface area contributed by atoms with Crippen LogP contribution in [0.4, 0.5) is 18.9 Å². The number of rotatable bonds is 7. The maximum atomic E-state index is 12.6. The third kappa shape index (κ3) is 5.12. The minimum absolute atomic E-state index is 0.250. The van der Waals surface area contributed by atoms with Crippen molar-refractivity contribution in [2.24, 2.45) is 0 Å². The topological polar surface area (TPSA) is 30.9 Å². The van der Waals surface area contributed by atoms with Gasteiger partial charge in [0, 0.05) is 12.6 Å². The molecule has 0 spiro atoms. The first-order valence-corrected chi connectivity index (χ1v) is 8.17. The van der Waals surface area contributed by atoms with E-state index >= 15 is 0 Å². The highest BCUT2D eigenvalue weighted by Crippen LogP contribution is 2.41. The molecule has 0 aliphatic rings. The van der Waals surface area contributed by atoms with Crippen LogP contribution in [0.15, 0.2) is 47.4 Å². The quantitative estimate of drug-likeness (QED) is 0.628. The van der Waals surface area contributed by atoms with Gasteiger partial charge in [-0.05, 0) is 43.1 Å². The van der Waals surface area contributed by atoms with Gasteiger partial charge in [0.1, 0.15) is 17.2 Å². The Morgan fingerprint density at radius 1 is 1.00 bits per heavy atom. The van der Waals surface area contributed by atoms with Crippen molar-refractivity contribution >= 4 is 17.6 Å². The molecule has 0 heterocycles. The highest BCUT2D eigenvalue weighted by molar-refractivity contribution is 8.00. The normalized spacial score (nSPS) is 11.1. The molecule has 2 aromatic carbocycles. The number of anilines is 1. The Labute approximate surface area is 148 Å². The van der Waals surface area contributed by atoms with Gasteiger partial charge in [-0.2, -0.15) is 0 Å². The summed E-state index contributed by atoms with van der Waals surface area (Å²) in [5.74, 6) is 0.958. The van der Waals surface area contributed by atoms with Gasteiger partial charge in [-0.15, -0.1) is 13.2 Å².